The van der Waals surface area contributed by atoms with Gasteiger partial charge in [0.1, 0.15) is 6.04 Å². The molecule has 0 saturated heterocycles. The Morgan fingerprint density at radius 3 is 2.39 bits per heavy atom. The minimum Gasteiger partial charge on any atom is -0.368 e. The fraction of sp³-hybridized carbons (Fsp3) is 0.368. The number of hydrogen-bond acceptors (Lipinski definition) is 3. The van der Waals surface area contributed by atoms with E-state index in [0.29, 0.717) is 5.92 Å². The first-order valence-corrected chi connectivity index (χ1v) is 8.10. The van der Waals surface area contributed by atoms with Gasteiger partial charge in [-0.05, 0) is 43.0 Å². The van der Waals surface area contributed by atoms with Gasteiger partial charge in [-0.2, -0.15) is 0 Å². The molecule has 4 nitrogen and oxygen atoms in total. The van der Waals surface area contributed by atoms with Gasteiger partial charge in [-0.3, -0.25) is 9.78 Å². The number of carbonyl (C=O) groups excluding carboxylic acids is 1. The lowest BCUT2D eigenvalue weighted by molar-refractivity contribution is -0.119. The number of anilines is 1. The second kappa shape index (κ2) is 7.77. The Bertz CT molecular complexity index is 640. The predicted molar refractivity (Wildman–Crippen MR) is 95.1 cm³/mol. The van der Waals surface area contributed by atoms with E-state index in [1.54, 1.807) is 12.4 Å². The molecule has 2 aromatic rings. The molecule has 4 heteroatoms. The number of amides is 1. The van der Waals surface area contributed by atoms with Gasteiger partial charge in [0.05, 0.1) is 0 Å². The zero-order valence-corrected chi connectivity index (χ0v) is 14.1. The van der Waals surface area contributed by atoms with Crippen LogP contribution >= 0.6 is 0 Å². The third kappa shape index (κ3) is 4.09. The Balaban J connectivity index is 2.47. The minimum absolute atomic E-state index is 0.273. The quantitative estimate of drug-likeness (QED) is 0.851. The van der Waals surface area contributed by atoms with Crippen molar-refractivity contribution in [2.24, 2.45) is 11.7 Å². The van der Waals surface area contributed by atoms with E-state index in [1.165, 1.54) is 0 Å². The van der Waals surface area contributed by atoms with Crippen LogP contribution in [0.15, 0.2) is 48.8 Å². The van der Waals surface area contributed by atoms with Crippen molar-refractivity contribution in [2.75, 3.05) is 11.4 Å². The molecule has 0 bridgehead atoms. The van der Waals surface area contributed by atoms with Gasteiger partial charge in [0.2, 0.25) is 5.91 Å². The summed E-state index contributed by atoms with van der Waals surface area (Å²) in [7, 11) is 0. The number of carbonyl (C=O) groups is 1. The van der Waals surface area contributed by atoms with Gasteiger partial charge in [0.25, 0.3) is 0 Å². The molecule has 1 heterocycles. The molecular formula is C19H25N3O. The standard InChI is InChI=1S/C19H25N3O/c1-4-22(18(19(20)23)13-14(2)3)17-8-6-5-7-16(17)15-9-11-21-12-10-15/h5-12,14,18H,4,13H2,1-3H3,(H2,20,23)/t18-/m0/s1. The van der Waals surface area contributed by atoms with Gasteiger partial charge in [-0.15, -0.1) is 0 Å². The first kappa shape index (κ1) is 17.0. The molecule has 1 atom stereocenters. The molecule has 23 heavy (non-hydrogen) atoms. The van der Waals surface area contributed by atoms with Crippen molar-refractivity contribution in [3.8, 4) is 11.1 Å². The third-order valence-electron chi connectivity index (χ3n) is 3.94. The highest BCUT2D eigenvalue weighted by molar-refractivity contribution is 5.87. The van der Waals surface area contributed by atoms with Gasteiger partial charge in [-0.1, -0.05) is 32.0 Å². The average molecular weight is 311 g/mol. The highest BCUT2D eigenvalue weighted by Gasteiger charge is 2.25. The number of pyridine rings is 1. The maximum Gasteiger partial charge on any atom is 0.240 e. The van der Waals surface area contributed by atoms with E-state index in [1.807, 2.05) is 24.3 Å². The van der Waals surface area contributed by atoms with Crippen molar-refractivity contribution >= 4 is 11.6 Å². The van der Waals surface area contributed by atoms with Crippen LogP contribution in [0, 0.1) is 5.92 Å². The third-order valence-corrected chi connectivity index (χ3v) is 3.94. The predicted octanol–water partition coefficient (Wildman–Crippen LogP) is 3.47. The average Bonchev–Trinajstić information content (AvgIpc) is 2.55. The van der Waals surface area contributed by atoms with Crippen LogP contribution < -0.4 is 10.6 Å². The number of aromatic nitrogens is 1. The Morgan fingerprint density at radius 2 is 1.83 bits per heavy atom. The van der Waals surface area contributed by atoms with E-state index in [2.05, 4.69) is 42.8 Å². The second-order valence-corrected chi connectivity index (χ2v) is 6.09. The Morgan fingerprint density at radius 1 is 1.17 bits per heavy atom. The summed E-state index contributed by atoms with van der Waals surface area (Å²) in [6.07, 6.45) is 4.30. The number of primary amides is 1. The Hall–Kier alpha value is -2.36. The SMILES string of the molecule is CCN(c1ccccc1-c1ccncc1)[C@@H](CC(C)C)C(N)=O. The van der Waals surface area contributed by atoms with Gasteiger partial charge in [0, 0.05) is 30.2 Å². The largest absolute Gasteiger partial charge is 0.368 e. The molecule has 2 rings (SSSR count). The minimum atomic E-state index is -0.303. The van der Waals surface area contributed by atoms with Gasteiger partial charge in [0.15, 0.2) is 0 Å². The number of hydrogen-bond donors (Lipinski definition) is 1. The molecule has 0 aliphatic rings. The zero-order chi connectivity index (χ0) is 16.8. The van der Waals surface area contributed by atoms with Crippen LogP contribution in [0.2, 0.25) is 0 Å². The number of likely N-dealkylation sites (N-methyl/N-ethyl adjacent to an activating group) is 1. The number of benzene rings is 1. The van der Waals surface area contributed by atoms with Crippen molar-refractivity contribution in [3.63, 3.8) is 0 Å². The molecule has 122 valence electrons. The van der Waals surface area contributed by atoms with E-state index < -0.39 is 0 Å². The maximum absolute atomic E-state index is 12.0. The fourth-order valence-electron chi connectivity index (χ4n) is 2.90. The van der Waals surface area contributed by atoms with Gasteiger partial charge >= 0.3 is 0 Å². The topological polar surface area (TPSA) is 59.2 Å². The van der Waals surface area contributed by atoms with E-state index in [9.17, 15) is 4.79 Å². The molecule has 0 saturated carbocycles. The van der Waals surface area contributed by atoms with Crippen LogP contribution in [0.3, 0.4) is 0 Å². The van der Waals surface area contributed by atoms with Crippen molar-refractivity contribution in [3.05, 3.63) is 48.8 Å². The summed E-state index contributed by atoms with van der Waals surface area (Å²) in [5.41, 5.74) is 8.90. The highest BCUT2D eigenvalue weighted by Crippen LogP contribution is 2.32. The van der Waals surface area contributed by atoms with E-state index >= 15 is 0 Å². The van der Waals surface area contributed by atoms with Crippen LogP contribution in [-0.2, 0) is 4.79 Å². The number of nitrogens with two attached hydrogens (primary N) is 1. The Labute approximate surface area is 138 Å². The Kier molecular flexibility index (Phi) is 5.74. The molecule has 0 unspecified atom stereocenters. The first-order chi connectivity index (χ1) is 11.0. The molecule has 1 aromatic heterocycles. The molecule has 2 N–H and O–H groups in total. The van der Waals surface area contributed by atoms with Crippen LogP contribution in [0.1, 0.15) is 27.2 Å². The fourth-order valence-corrected chi connectivity index (χ4v) is 2.90. The van der Waals surface area contributed by atoms with Crippen molar-refractivity contribution in [1.29, 1.82) is 0 Å². The summed E-state index contributed by atoms with van der Waals surface area (Å²) in [5, 5.41) is 0. The van der Waals surface area contributed by atoms with E-state index in [4.69, 9.17) is 5.73 Å². The molecule has 0 aliphatic carbocycles. The van der Waals surface area contributed by atoms with Crippen molar-refractivity contribution in [1.82, 2.24) is 4.98 Å². The lowest BCUT2D eigenvalue weighted by atomic mass is 9.98. The highest BCUT2D eigenvalue weighted by atomic mass is 16.1. The number of rotatable bonds is 7. The van der Waals surface area contributed by atoms with Crippen LogP contribution in [0.25, 0.3) is 11.1 Å². The van der Waals surface area contributed by atoms with E-state index in [-0.39, 0.29) is 11.9 Å². The molecule has 0 aliphatic heterocycles. The summed E-state index contributed by atoms with van der Waals surface area (Å²) in [4.78, 5) is 18.2. The molecule has 0 spiro atoms. The zero-order valence-electron chi connectivity index (χ0n) is 14.1. The summed E-state index contributed by atoms with van der Waals surface area (Å²) in [6.45, 7) is 7.00. The lowest BCUT2D eigenvalue weighted by Crippen LogP contribution is -2.46. The lowest BCUT2D eigenvalue weighted by Gasteiger charge is -2.33. The molecule has 0 fully saturated rings. The maximum atomic E-state index is 12.0. The van der Waals surface area contributed by atoms with Crippen LogP contribution in [-0.4, -0.2) is 23.5 Å². The van der Waals surface area contributed by atoms with Gasteiger partial charge < -0.3 is 10.6 Å². The monoisotopic (exact) mass is 311 g/mol. The van der Waals surface area contributed by atoms with Gasteiger partial charge in [-0.25, -0.2) is 0 Å². The summed E-state index contributed by atoms with van der Waals surface area (Å²) in [5.74, 6) is 0.125. The smallest absolute Gasteiger partial charge is 0.240 e. The number of nitrogens with zero attached hydrogens (tertiary/aromatic N) is 2. The van der Waals surface area contributed by atoms with Crippen LogP contribution in [0.4, 0.5) is 5.69 Å². The molecule has 0 radical (unpaired) electrons. The normalized spacial score (nSPS) is 12.2. The summed E-state index contributed by atoms with van der Waals surface area (Å²) >= 11 is 0. The molecular weight excluding hydrogens is 286 g/mol. The van der Waals surface area contributed by atoms with Crippen LogP contribution in [0.5, 0.6) is 0 Å². The second-order valence-electron chi connectivity index (χ2n) is 6.09. The van der Waals surface area contributed by atoms with E-state index in [0.717, 1.165) is 29.8 Å². The summed E-state index contributed by atoms with van der Waals surface area (Å²) < 4.78 is 0. The molecule has 1 aromatic carbocycles. The molecule has 1 amide bonds. The van der Waals surface area contributed by atoms with Crippen molar-refractivity contribution < 1.29 is 4.79 Å². The van der Waals surface area contributed by atoms with Crippen molar-refractivity contribution in [2.45, 2.75) is 33.2 Å². The summed E-state index contributed by atoms with van der Waals surface area (Å²) in [6, 6.07) is 11.8. The number of para-hydroxylation sites is 1. The first-order valence-electron chi connectivity index (χ1n) is 8.10.